The molecule has 0 radical (unpaired) electrons. The van der Waals surface area contributed by atoms with E-state index in [-0.39, 0.29) is 0 Å². The molecule has 1 aromatic rings. The molecule has 0 aliphatic rings. The monoisotopic (exact) mass is 549 g/mol. The third-order valence-corrected chi connectivity index (χ3v) is 4.60. The first-order chi connectivity index (χ1) is 12.4. The van der Waals surface area contributed by atoms with Crippen molar-refractivity contribution in [3.8, 4) is 5.75 Å². The molecule has 0 saturated carbocycles. The zero-order chi connectivity index (χ0) is 22.1. The second-order valence-electron chi connectivity index (χ2n) is 5.32. The molecule has 1 amide bonds. The lowest BCUT2D eigenvalue weighted by Crippen LogP contribution is -2.70. The standard InChI is InChI=1S/C13H10F6INO6S/c1-6(22)27-9-4-7(20)2-3-8(9)10(23)21-11(12(14,15)16,13(17,18)19)5-28(24,25)26/h2-4H,5H2,1H3,(H,21,23)(H,24,25,26). The van der Waals surface area contributed by atoms with Crippen molar-refractivity contribution >= 4 is 44.6 Å². The van der Waals surface area contributed by atoms with E-state index in [9.17, 15) is 44.3 Å². The molecule has 1 rings (SSSR count). The van der Waals surface area contributed by atoms with Crippen molar-refractivity contribution in [3.63, 3.8) is 0 Å². The van der Waals surface area contributed by atoms with Gasteiger partial charge in [-0.2, -0.15) is 34.8 Å². The molecule has 15 heteroatoms. The van der Waals surface area contributed by atoms with Crippen LogP contribution in [0.3, 0.4) is 0 Å². The Morgan fingerprint density at radius 1 is 1.14 bits per heavy atom. The maximum atomic E-state index is 13.3. The van der Waals surface area contributed by atoms with Gasteiger partial charge in [-0.1, -0.05) is 0 Å². The first-order valence-corrected chi connectivity index (χ1v) is 9.47. The van der Waals surface area contributed by atoms with Gasteiger partial charge in [0.15, 0.2) is 0 Å². The zero-order valence-electron chi connectivity index (χ0n) is 13.5. The first kappa shape index (κ1) is 24.4. The Balaban J connectivity index is 3.57. The molecule has 0 aliphatic carbocycles. The summed E-state index contributed by atoms with van der Waals surface area (Å²) >= 11 is 1.67. The summed E-state index contributed by atoms with van der Waals surface area (Å²) in [5, 5.41) is 0.595. The second-order valence-corrected chi connectivity index (χ2v) is 8.01. The Kier molecular flexibility index (Phi) is 6.99. The number of hydrogen-bond donors (Lipinski definition) is 2. The van der Waals surface area contributed by atoms with Crippen LogP contribution in [0, 0.1) is 3.57 Å². The van der Waals surface area contributed by atoms with Crippen LogP contribution in [0.15, 0.2) is 18.2 Å². The molecule has 0 atom stereocenters. The minimum Gasteiger partial charge on any atom is -0.426 e. The number of nitrogens with one attached hydrogen (secondary N) is 1. The molecule has 0 unspecified atom stereocenters. The largest absolute Gasteiger partial charge is 0.426 e. The van der Waals surface area contributed by atoms with E-state index in [0.29, 0.717) is 8.89 Å². The van der Waals surface area contributed by atoms with Gasteiger partial charge in [0.25, 0.3) is 16.0 Å². The van der Waals surface area contributed by atoms with Gasteiger partial charge in [0.1, 0.15) is 11.5 Å². The molecular weight excluding hydrogens is 539 g/mol. The molecular formula is C13H10F6INO6S. The van der Waals surface area contributed by atoms with Gasteiger partial charge in [-0.3, -0.25) is 14.1 Å². The molecule has 2 N–H and O–H groups in total. The third-order valence-electron chi connectivity index (χ3n) is 3.14. The minimum atomic E-state index is -6.36. The predicted octanol–water partition coefficient (Wildman–Crippen LogP) is 2.70. The van der Waals surface area contributed by atoms with E-state index >= 15 is 0 Å². The molecule has 0 aliphatic heterocycles. The smallest absolute Gasteiger partial charge is 0.421 e. The number of halogens is 7. The second kappa shape index (κ2) is 8.02. The van der Waals surface area contributed by atoms with Crippen LogP contribution in [0.25, 0.3) is 0 Å². The fourth-order valence-electron chi connectivity index (χ4n) is 1.96. The van der Waals surface area contributed by atoms with Gasteiger partial charge in [-0.25, -0.2) is 0 Å². The number of rotatable bonds is 5. The van der Waals surface area contributed by atoms with E-state index in [2.05, 4.69) is 4.74 Å². The fourth-order valence-corrected chi connectivity index (χ4v) is 3.37. The topological polar surface area (TPSA) is 110 Å². The number of carbonyl (C=O) groups is 2. The van der Waals surface area contributed by atoms with Crippen molar-refractivity contribution in [1.29, 1.82) is 0 Å². The molecule has 0 fully saturated rings. The van der Waals surface area contributed by atoms with Crippen molar-refractivity contribution in [2.45, 2.75) is 24.8 Å². The average Bonchev–Trinajstić information content (AvgIpc) is 2.41. The number of amides is 1. The summed E-state index contributed by atoms with van der Waals surface area (Å²) in [7, 11) is -5.85. The molecule has 158 valence electrons. The summed E-state index contributed by atoms with van der Waals surface area (Å²) in [6, 6.07) is 2.89. The summed E-state index contributed by atoms with van der Waals surface area (Å²) in [6.07, 6.45) is -12.7. The number of carbonyl (C=O) groups excluding carboxylic acids is 2. The lowest BCUT2D eigenvalue weighted by atomic mass is 9.99. The molecule has 0 aromatic heterocycles. The fraction of sp³-hybridized carbons (Fsp3) is 0.385. The highest BCUT2D eigenvalue weighted by atomic mass is 127. The normalized spacial score (nSPS) is 13.2. The van der Waals surface area contributed by atoms with E-state index < -0.39 is 57.0 Å². The van der Waals surface area contributed by atoms with E-state index in [0.717, 1.165) is 25.1 Å². The molecule has 28 heavy (non-hydrogen) atoms. The van der Waals surface area contributed by atoms with Gasteiger partial charge in [0.05, 0.1) is 5.56 Å². The van der Waals surface area contributed by atoms with Gasteiger partial charge in [-0.15, -0.1) is 0 Å². The quantitative estimate of drug-likeness (QED) is 0.192. The van der Waals surface area contributed by atoms with Gasteiger partial charge in [-0.05, 0) is 40.8 Å². The molecule has 0 spiro atoms. The SMILES string of the molecule is CC(=O)Oc1cc(I)ccc1C(=O)NC(CS(=O)(=O)O)(C(F)(F)F)C(F)(F)F. The number of alkyl halides is 6. The van der Waals surface area contributed by atoms with E-state index in [1.165, 1.54) is 0 Å². The van der Waals surface area contributed by atoms with Crippen LogP contribution in [0.5, 0.6) is 5.75 Å². The predicted molar refractivity (Wildman–Crippen MR) is 89.2 cm³/mol. The molecule has 0 bridgehead atoms. The van der Waals surface area contributed by atoms with Gasteiger partial charge >= 0.3 is 18.3 Å². The zero-order valence-corrected chi connectivity index (χ0v) is 16.5. The summed E-state index contributed by atoms with van der Waals surface area (Å²) < 4.78 is 115. The van der Waals surface area contributed by atoms with Crippen LogP contribution in [-0.2, 0) is 14.9 Å². The minimum absolute atomic E-state index is 0.321. The highest BCUT2D eigenvalue weighted by molar-refractivity contribution is 14.1. The maximum Gasteiger partial charge on any atom is 0.421 e. The van der Waals surface area contributed by atoms with E-state index in [4.69, 9.17) is 4.55 Å². The van der Waals surface area contributed by atoms with Crippen LogP contribution in [-0.4, -0.2) is 48.5 Å². The van der Waals surface area contributed by atoms with Crippen LogP contribution < -0.4 is 10.1 Å². The van der Waals surface area contributed by atoms with Gasteiger partial charge in [0, 0.05) is 10.5 Å². The first-order valence-electron chi connectivity index (χ1n) is 6.79. The molecule has 0 saturated heterocycles. The van der Waals surface area contributed by atoms with Crippen LogP contribution in [0.2, 0.25) is 0 Å². The summed E-state index contributed by atoms with van der Waals surface area (Å²) in [4.78, 5) is 23.2. The third kappa shape index (κ3) is 5.69. The number of hydrogen-bond acceptors (Lipinski definition) is 5. The average molecular weight is 549 g/mol. The van der Waals surface area contributed by atoms with Crippen LogP contribution in [0.1, 0.15) is 17.3 Å². The van der Waals surface area contributed by atoms with Crippen molar-refractivity contribution in [2.75, 3.05) is 5.75 Å². The van der Waals surface area contributed by atoms with Crippen LogP contribution >= 0.6 is 22.6 Å². The number of benzene rings is 1. The van der Waals surface area contributed by atoms with Gasteiger partial charge in [0.2, 0.25) is 5.54 Å². The molecule has 1 aromatic carbocycles. The van der Waals surface area contributed by atoms with Gasteiger partial charge < -0.3 is 10.1 Å². The Morgan fingerprint density at radius 2 is 1.64 bits per heavy atom. The molecule has 7 nitrogen and oxygen atoms in total. The maximum absolute atomic E-state index is 13.3. The van der Waals surface area contributed by atoms with E-state index in [1.54, 1.807) is 22.6 Å². The summed E-state index contributed by atoms with van der Waals surface area (Å²) in [5.41, 5.74) is -6.22. The Hall–Kier alpha value is -1.62. The molecule has 0 heterocycles. The lowest BCUT2D eigenvalue weighted by Gasteiger charge is -2.36. The summed E-state index contributed by atoms with van der Waals surface area (Å²) in [5.74, 6) is -6.62. The van der Waals surface area contributed by atoms with Crippen LogP contribution in [0.4, 0.5) is 26.3 Å². The van der Waals surface area contributed by atoms with E-state index in [1.807, 2.05) is 0 Å². The Morgan fingerprint density at radius 3 is 2.04 bits per heavy atom. The Bertz CT molecular complexity index is 868. The number of esters is 1. The highest BCUT2D eigenvalue weighted by Gasteiger charge is 2.73. The van der Waals surface area contributed by atoms with Crippen molar-refractivity contribution in [1.82, 2.24) is 5.32 Å². The Labute approximate surface area is 167 Å². The van der Waals surface area contributed by atoms with Crippen molar-refractivity contribution < 1.29 is 53.6 Å². The highest BCUT2D eigenvalue weighted by Crippen LogP contribution is 2.44. The summed E-state index contributed by atoms with van der Waals surface area (Å²) in [6.45, 7) is 0.871. The van der Waals surface area contributed by atoms with Crippen molar-refractivity contribution in [2.24, 2.45) is 0 Å². The lowest BCUT2D eigenvalue weighted by molar-refractivity contribution is -0.296. The van der Waals surface area contributed by atoms with Crippen molar-refractivity contribution in [3.05, 3.63) is 27.3 Å². The number of ether oxygens (including phenoxy) is 1.